The van der Waals surface area contributed by atoms with Crippen molar-refractivity contribution in [3.63, 3.8) is 0 Å². The Labute approximate surface area is 154 Å². The Morgan fingerprint density at radius 2 is 1.58 bits per heavy atom. The molecule has 140 valence electrons. The van der Waals surface area contributed by atoms with E-state index in [-0.39, 0.29) is 5.75 Å². The number of benzene rings is 2. The first kappa shape index (κ1) is 20.3. The molecule has 0 saturated heterocycles. The SMILES string of the molecule is Cc1cccc(C(=N[S+]([O-])C(C)(C)C)c2cccc(OC(F)(F)F)c2)c1. The maximum Gasteiger partial charge on any atom is 0.573 e. The van der Waals surface area contributed by atoms with Crippen molar-refractivity contribution in [1.82, 2.24) is 0 Å². The average Bonchev–Trinajstić information content (AvgIpc) is 2.50. The summed E-state index contributed by atoms with van der Waals surface area (Å²) in [5, 5.41) is 0. The molecule has 0 bridgehead atoms. The lowest BCUT2D eigenvalue weighted by molar-refractivity contribution is -0.274. The van der Waals surface area contributed by atoms with Crippen molar-refractivity contribution >= 4 is 17.1 Å². The van der Waals surface area contributed by atoms with E-state index in [2.05, 4.69) is 9.13 Å². The van der Waals surface area contributed by atoms with Crippen LogP contribution in [0.15, 0.2) is 52.9 Å². The highest BCUT2D eigenvalue weighted by molar-refractivity contribution is 7.91. The van der Waals surface area contributed by atoms with Crippen LogP contribution >= 0.6 is 0 Å². The van der Waals surface area contributed by atoms with Gasteiger partial charge in [-0.15, -0.1) is 13.2 Å². The molecule has 2 aromatic carbocycles. The molecular formula is C19H20F3NO2S. The summed E-state index contributed by atoms with van der Waals surface area (Å²) < 4.78 is 57.8. The minimum absolute atomic E-state index is 0.350. The van der Waals surface area contributed by atoms with E-state index >= 15 is 0 Å². The van der Waals surface area contributed by atoms with Gasteiger partial charge in [-0.05, 0) is 45.9 Å². The smallest absolute Gasteiger partial charge is 0.573 e. The highest BCUT2D eigenvalue weighted by atomic mass is 32.2. The van der Waals surface area contributed by atoms with Crippen LogP contribution in [0.1, 0.15) is 37.5 Å². The van der Waals surface area contributed by atoms with Crippen molar-refractivity contribution in [3.8, 4) is 5.75 Å². The predicted octanol–water partition coefficient (Wildman–Crippen LogP) is 5.19. The van der Waals surface area contributed by atoms with Crippen molar-refractivity contribution in [2.75, 3.05) is 0 Å². The standard InChI is InChI=1S/C19H20F3NO2S/c1-13-7-5-8-14(11-13)17(23-26(24)18(2,3)4)15-9-6-10-16(12-15)25-19(20,21)22/h5-12H,1-4H3. The van der Waals surface area contributed by atoms with Gasteiger partial charge in [0, 0.05) is 11.1 Å². The van der Waals surface area contributed by atoms with Gasteiger partial charge in [-0.3, -0.25) is 0 Å². The summed E-state index contributed by atoms with van der Waals surface area (Å²) in [6.07, 6.45) is -4.78. The minimum Gasteiger partial charge on any atom is -0.591 e. The van der Waals surface area contributed by atoms with E-state index in [0.29, 0.717) is 16.8 Å². The van der Waals surface area contributed by atoms with Gasteiger partial charge in [0.15, 0.2) is 0 Å². The quantitative estimate of drug-likeness (QED) is 0.538. The molecule has 0 aliphatic rings. The van der Waals surface area contributed by atoms with Crippen LogP contribution in [0.2, 0.25) is 0 Å². The molecule has 2 rings (SSSR count). The van der Waals surface area contributed by atoms with Crippen LogP contribution in [-0.2, 0) is 11.4 Å². The molecule has 0 amide bonds. The lowest BCUT2D eigenvalue weighted by Gasteiger charge is -2.20. The summed E-state index contributed by atoms with van der Waals surface area (Å²) in [4.78, 5) is 0. The second-order valence-electron chi connectivity index (χ2n) is 6.75. The molecule has 3 nitrogen and oxygen atoms in total. The molecule has 2 aromatic rings. The molecule has 0 fully saturated rings. The molecule has 1 atom stereocenters. The monoisotopic (exact) mass is 383 g/mol. The van der Waals surface area contributed by atoms with Crippen LogP contribution in [0.25, 0.3) is 0 Å². The fourth-order valence-corrected chi connectivity index (χ4v) is 2.78. The molecule has 0 radical (unpaired) electrons. The number of rotatable bonds is 4. The molecule has 0 N–H and O–H groups in total. The molecule has 1 unspecified atom stereocenters. The Morgan fingerprint density at radius 1 is 1.00 bits per heavy atom. The van der Waals surface area contributed by atoms with E-state index in [1.165, 1.54) is 18.2 Å². The Bertz CT molecular complexity index is 798. The lowest BCUT2D eigenvalue weighted by atomic mass is 10.0. The van der Waals surface area contributed by atoms with E-state index in [9.17, 15) is 17.7 Å². The molecule has 7 heteroatoms. The van der Waals surface area contributed by atoms with E-state index in [4.69, 9.17) is 0 Å². The van der Waals surface area contributed by atoms with Gasteiger partial charge in [-0.2, -0.15) is 0 Å². The van der Waals surface area contributed by atoms with Gasteiger partial charge in [0.25, 0.3) is 0 Å². The van der Waals surface area contributed by atoms with Gasteiger partial charge >= 0.3 is 6.36 Å². The maximum absolute atomic E-state index is 12.5. The Kier molecular flexibility index (Phi) is 6.03. The van der Waals surface area contributed by atoms with E-state index in [1.807, 2.05) is 25.1 Å². The van der Waals surface area contributed by atoms with Gasteiger partial charge in [-0.25, -0.2) is 0 Å². The fraction of sp³-hybridized carbons (Fsp3) is 0.316. The molecule has 0 spiro atoms. The topological polar surface area (TPSA) is 44.7 Å². The zero-order valence-electron chi connectivity index (χ0n) is 14.9. The Hall–Kier alpha value is -1.99. The number of alkyl halides is 3. The van der Waals surface area contributed by atoms with Crippen LogP contribution in [0.5, 0.6) is 5.75 Å². The molecule has 0 saturated carbocycles. The van der Waals surface area contributed by atoms with Gasteiger partial charge in [-0.1, -0.05) is 40.3 Å². The first-order valence-corrected chi connectivity index (χ1v) is 9.00. The third-order valence-electron chi connectivity index (χ3n) is 3.33. The van der Waals surface area contributed by atoms with Gasteiger partial charge in [0.1, 0.15) is 27.6 Å². The highest BCUT2D eigenvalue weighted by Gasteiger charge is 2.32. The van der Waals surface area contributed by atoms with Crippen LogP contribution in [0.3, 0.4) is 0 Å². The van der Waals surface area contributed by atoms with E-state index < -0.39 is 22.5 Å². The fourth-order valence-electron chi connectivity index (χ4n) is 2.12. The summed E-state index contributed by atoms with van der Waals surface area (Å²) in [5.74, 6) is -0.350. The van der Waals surface area contributed by atoms with Crippen LogP contribution in [-0.4, -0.2) is 21.4 Å². The molecule has 0 aliphatic heterocycles. The van der Waals surface area contributed by atoms with Crippen molar-refractivity contribution in [2.45, 2.75) is 38.8 Å². The van der Waals surface area contributed by atoms with Crippen molar-refractivity contribution in [1.29, 1.82) is 0 Å². The van der Waals surface area contributed by atoms with Crippen molar-refractivity contribution in [3.05, 3.63) is 65.2 Å². The minimum atomic E-state index is -4.78. The van der Waals surface area contributed by atoms with Crippen LogP contribution < -0.4 is 4.74 Å². The third kappa shape index (κ3) is 5.78. The Balaban J connectivity index is 2.54. The van der Waals surface area contributed by atoms with Crippen LogP contribution in [0.4, 0.5) is 13.2 Å². The number of hydrogen-bond acceptors (Lipinski definition) is 3. The summed E-state index contributed by atoms with van der Waals surface area (Å²) in [6, 6.07) is 12.9. The number of hydrogen-bond donors (Lipinski definition) is 0. The van der Waals surface area contributed by atoms with Crippen LogP contribution in [0, 0.1) is 6.92 Å². The van der Waals surface area contributed by atoms with Gasteiger partial charge in [0.05, 0.1) is 0 Å². The third-order valence-corrected chi connectivity index (χ3v) is 4.73. The second-order valence-corrected chi connectivity index (χ2v) is 8.65. The summed E-state index contributed by atoms with van der Waals surface area (Å²) in [7, 11) is 0. The molecule has 0 aliphatic carbocycles. The maximum atomic E-state index is 12.5. The zero-order valence-corrected chi connectivity index (χ0v) is 15.7. The summed E-state index contributed by atoms with van der Waals surface area (Å²) in [6.45, 7) is 7.24. The number of halogens is 3. The van der Waals surface area contributed by atoms with Crippen molar-refractivity contribution in [2.24, 2.45) is 4.40 Å². The first-order chi connectivity index (χ1) is 12.0. The predicted molar refractivity (Wildman–Crippen MR) is 97.8 cm³/mol. The normalized spacial score (nSPS) is 14.2. The average molecular weight is 383 g/mol. The molecular weight excluding hydrogens is 363 g/mol. The lowest BCUT2D eigenvalue weighted by Crippen LogP contribution is -2.27. The summed E-state index contributed by atoms with van der Waals surface area (Å²) in [5.41, 5.74) is 2.38. The second kappa shape index (κ2) is 7.72. The number of aryl methyl sites for hydroxylation is 1. The summed E-state index contributed by atoms with van der Waals surface area (Å²) >= 11 is -1.58. The van der Waals surface area contributed by atoms with E-state index in [1.54, 1.807) is 32.9 Å². The highest BCUT2D eigenvalue weighted by Crippen LogP contribution is 2.26. The Morgan fingerprint density at radius 3 is 2.12 bits per heavy atom. The molecule has 0 aromatic heterocycles. The number of nitrogens with zero attached hydrogens (tertiary/aromatic N) is 1. The largest absolute Gasteiger partial charge is 0.591 e. The molecule has 0 heterocycles. The zero-order chi connectivity index (χ0) is 19.5. The van der Waals surface area contributed by atoms with Gasteiger partial charge < -0.3 is 9.29 Å². The molecule has 26 heavy (non-hydrogen) atoms. The van der Waals surface area contributed by atoms with Crippen molar-refractivity contribution < 1.29 is 22.5 Å². The number of ether oxygens (including phenoxy) is 1. The first-order valence-electron chi connectivity index (χ1n) is 7.89. The van der Waals surface area contributed by atoms with E-state index in [0.717, 1.165) is 5.56 Å². The van der Waals surface area contributed by atoms with Gasteiger partial charge in [0.2, 0.25) is 0 Å².